The van der Waals surface area contributed by atoms with Gasteiger partial charge in [0.05, 0.1) is 28.4 Å². The van der Waals surface area contributed by atoms with Gasteiger partial charge in [0, 0.05) is 24.2 Å². The SMILES string of the molecule is COc1nc(N2CCC(C)(N)CC2)nc(C)c1-c1cccc(Cl)c1Cl. The lowest BCUT2D eigenvalue weighted by molar-refractivity contribution is 0.359. The molecule has 0 aliphatic carbocycles. The molecule has 1 aliphatic rings. The van der Waals surface area contributed by atoms with Crippen LogP contribution in [0.5, 0.6) is 5.88 Å². The van der Waals surface area contributed by atoms with Gasteiger partial charge in [0.25, 0.3) is 0 Å². The predicted molar refractivity (Wildman–Crippen MR) is 103 cm³/mol. The van der Waals surface area contributed by atoms with E-state index in [1.807, 2.05) is 19.1 Å². The zero-order valence-electron chi connectivity index (χ0n) is 14.6. The summed E-state index contributed by atoms with van der Waals surface area (Å²) in [6, 6.07) is 5.49. The number of rotatable bonds is 3. The van der Waals surface area contributed by atoms with Crippen molar-refractivity contribution in [1.82, 2.24) is 9.97 Å². The van der Waals surface area contributed by atoms with Crippen molar-refractivity contribution in [2.75, 3.05) is 25.1 Å². The van der Waals surface area contributed by atoms with Gasteiger partial charge in [0.1, 0.15) is 0 Å². The molecule has 1 saturated heterocycles. The highest BCUT2D eigenvalue weighted by atomic mass is 35.5. The minimum absolute atomic E-state index is 0.121. The Morgan fingerprint density at radius 1 is 1.20 bits per heavy atom. The Labute approximate surface area is 158 Å². The Morgan fingerprint density at radius 3 is 2.52 bits per heavy atom. The molecule has 1 aliphatic heterocycles. The molecule has 5 nitrogen and oxygen atoms in total. The summed E-state index contributed by atoms with van der Waals surface area (Å²) in [4.78, 5) is 11.5. The van der Waals surface area contributed by atoms with Gasteiger partial charge >= 0.3 is 0 Å². The van der Waals surface area contributed by atoms with E-state index in [4.69, 9.17) is 38.7 Å². The summed E-state index contributed by atoms with van der Waals surface area (Å²) in [5.74, 6) is 1.15. The molecule has 0 bridgehead atoms. The number of benzene rings is 1. The van der Waals surface area contributed by atoms with Gasteiger partial charge in [-0.05, 0) is 32.8 Å². The largest absolute Gasteiger partial charge is 0.480 e. The van der Waals surface area contributed by atoms with Crippen LogP contribution in [0.1, 0.15) is 25.5 Å². The summed E-state index contributed by atoms with van der Waals surface area (Å²) in [5, 5.41) is 0.960. The molecule has 1 fully saturated rings. The monoisotopic (exact) mass is 380 g/mol. The van der Waals surface area contributed by atoms with E-state index in [-0.39, 0.29) is 5.54 Å². The third kappa shape index (κ3) is 3.68. The lowest BCUT2D eigenvalue weighted by atomic mass is 9.91. The van der Waals surface area contributed by atoms with E-state index < -0.39 is 0 Å². The van der Waals surface area contributed by atoms with E-state index in [9.17, 15) is 0 Å². The highest BCUT2D eigenvalue weighted by molar-refractivity contribution is 6.43. The van der Waals surface area contributed by atoms with Crippen molar-refractivity contribution in [3.05, 3.63) is 33.9 Å². The standard InChI is InChI=1S/C18H22Cl2N4O/c1-11-14(12-5-4-6-13(19)15(12)20)16(25-3)23-17(22-11)24-9-7-18(2,21)8-10-24/h4-6H,7-10,21H2,1-3H3. The fourth-order valence-corrected chi connectivity index (χ4v) is 3.44. The Balaban J connectivity index is 2.01. The molecule has 0 saturated carbocycles. The summed E-state index contributed by atoms with van der Waals surface area (Å²) < 4.78 is 5.54. The van der Waals surface area contributed by atoms with E-state index in [1.165, 1.54) is 0 Å². The van der Waals surface area contributed by atoms with Gasteiger partial charge < -0.3 is 15.4 Å². The first-order chi connectivity index (χ1) is 11.8. The maximum Gasteiger partial charge on any atom is 0.228 e. The number of aryl methyl sites for hydroxylation is 1. The van der Waals surface area contributed by atoms with E-state index >= 15 is 0 Å². The quantitative estimate of drug-likeness (QED) is 0.868. The first-order valence-electron chi connectivity index (χ1n) is 8.23. The molecule has 0 spiro atoms. The Hall–Kier alpha value is -1.56. The van der Waals surface area contributed by atoms with Crippen LogP contribution in [0.4, 0.5) is 5.95 Å². The highest BCUT2D eigenvalue weighted by Gasteiger charge is 2.28. The number of hydrogen-bond donors (Lipinski definition) is 1. The summed E-state index contributed by atoms with van der Waals surface area (Å²) in [6.45, 7) is 5.66. The number of anilines is 1. The first kappa shape index (κ1) is 18.2. The molecular formula is C18H22Cl2N4O. The van der Waals surface area contributed by atoms with Gasteiger partial charge in [-0.2, -0.15) is 4.98 Å². The molecule has 2 heterocycles. The molecule has 25 heavy (non-hydrogen) atoms. The molecule has 1 aromatic heterocycles. The van der Waals surface area contributed by atoms with Gasteiger partial charge in [-0.15, -0.1) is 0 Å². The van der Waals surface area contributed by atoms with Gasteiger partial charge in [-0.1, -0.05) is 35.3 Å². The van der Waals surface area contributed by atoms with Crippen LogP contribution in [-0.2, 0) is 0 Å². The van der Waals surface area contributed by atoms with E-state index in [1.54, 1.807) is 13.2 Å². The third-order valence-corrected chi connectivity index (χ3v) is 5.47. The molecule has 1 aromatic carbocycles. The van der Waals surface area contributed by atoms with Gasteiger partial charge in [-0.3, -0.25) is 0 Å². The predicted octanol–water partition coefficient (Wildman–Crippen LogP) is 4.09. The Kier molecular flexibility index (Phi) is 5.09. The number of hydrogen-bond acceptors (Lipinski definition) is 5. The number of ether oxygens (including phenoxy) is 1. The molecule has 0 amide bonds. The van der Waals surface area contributed by atoms with Gasteiger partial charge in [0.15, 0.2) is 0 Å². The fourth-order valence-electron chi connectivity index (χ4n) is 3.05. The number of methoxy groups -OCH3 is 1. The number of halogens is 2. The normalized spacial score (nSPS) is 16.8. The third-order valence-electron chi connectivity index (χ3n) is 4.65. The number of piperidine rings is 1. The molecule has 0 unspecified atom stereocenters. The van der Waals surface area contributed by atoms with Crippen molar-refractivity contribution in [3.63, 3.8) is 0 Å². The van der Waals surface area contributed by atoms with Crippen LogP contribution >= 0.6 is 23.2 Å². The number of aromatic nitrogens is 2. The fraction of sp³-hybridized carbons (Fsp3) is 0.444. The molecule has 134 valence electrons. The summed E-state index contributed by atoms with van der Waals surface area (Å²) in [5.41, 5.74) is 8.42. The lowest BCUT2D eigenvalue weighted by Gasteiger charge is -2.36. The number of nitrogens with zero attached hydrogens (tertiary/aromatic N) is 3. The van der Waals surface area contributed by atoms with Crippen molar-refractivity contribution >= 4 is 29.2 Å². The molecular weight excluding hydrogens is 359 g/mol. The van der Waals surface area contributed by atoms with E-state index in [2.05, 4.69) is 16.8 Å². The molecule has 0 atom stereocenters. The minimum Gasteiger partial charge on any atom is -0.480 e. The summed E-state index contributed by atoms with van der Waals surface area (Å²) in [6.07, 6.45) is 1.80. The van der Waals surface area contributed by atoms with Crippen LogP contribution < -0.4 is 15.4 Å². The van der Waals surface area contributed by atoms with Crippen LogP contribution in [0.2, 0.25) is 10.0 Å². The van der Waals surface area contributed by atoms with Gasteiger partial charge in [0.2, 0.25) is 11.8 Å². The molecule has 0 radical (unpaired) electrons. The zero-order chi connectivity index (χ0) is 18.2. The molecule has 7 heteroatoms. The van der Waals surface area contributed by atoms with Crippen LogP contribution in [0.25, 0.3) is 11.1 Å². The average Bonchev–Trinajstić information content (AvgIpc) is 2.57. The topological polar surface area (TPSA) is 64.3 Å². The van der Waals surface area contributed by atoms with Crippen molar-refractivity contribution in [1.29, 1.82) is 0 Å². The van der Waals surface area contributed by atoms with Crippen molar-refractivity contribution in [3.8, 4) is 17.0 Å². The second kappa shape index (κ2) is 6.98. The summed E-state index contributed by atoms with van der Waals surface area (Å²) >= 11 is 12.5. The average molecular weight is 381 g/mol. The van der Waals surface area contributed by atoms with Crippen LogP contribution in [0.15, 0.2) is 18.2 Å². The van der Waals surface area contributed by atoms with Crippen LogP contribution in [0.3, 0.4) is 0 Å². The first-order valence-corrected chi connectivity index (χ1v) is 8.99. The van der Waals surface area contributed by atoms with Crippen LogP contribution in [-0.4, -0.2) is 35.7 Å². The maximum absolute atomic E-state index is 6.38. The second-order valence-corrected chi connectivity index (χ2v) is 7.52. The Bertz CT molecular complexity index is 785. The molecule has 2 aromatic rings. The van der Waals surface area contributed by atoms with Crippen molar-refractivity contribution in [2.45, 2.75) is 32.2 Å². The second-order valence-electron chi connectivity index (χ2n) is 6.74. The molecule has 2 N–H and O–H groups in total. The maximum atomic E-state index is 6.38. The smallest absolute Gasteiger partial charge is 0.228 e. The van der Waals surface area contributed by atoms with E-state index in [0.717, 1.165) is 42.8 Å². The highest BCUT2D eigenvalue weighted by Crippen LogP contribution is 2.39. The van der Waals surface area contributed by atoms with Gasteiger partial charge in [-0.25, -0.2) is 4.98 Å². The van der Waals surface area contributed by atoms with Crippen molar-refractivity contribution in [2.24, 2.45) is 5.73 Å². The lowest BCUT2D eigenvalue weighted by Crippen LogP contribution is -2.48. The number of nitrogens with two attached hydrogens (primary N) is 1. The zero-order valence-corrected chi connectivity index (χ0v) is 16.2. The van der Waals surface area contributed by atoms with E-state index in [0.29, 0.717) is 21.9 Å². The minimum atomic E-state index is -0.121. The molecule has 3 rings (SSSR count). The summed E-state index contributed by atoms with van der Waals surface area (Å²) in [7, 11) is 1.60. The van der Waals surface area contributed by atoms with Crippen LogP contribution in [0, 0.1) is 6.92 Å². The Morgan fingerprint density at radius 2 is 1.88 bits per heavy atom. The van der Waals surface area contributed by atoms with Crippen molar-refractivity contribution < 1.29 is 4.74 Å².